The first-order chi connectivity index (χ1) is 6.50. The lowest BCUT2D eigenvalue weighted by molar-refractivity contribution is -0.132. The average Bonchev–Trinajstić information content (AvgIpc) is 2.07. The second kappa shape index (κ2) is 4.06. The number of esters is 1. The molecule has 0 aromatic carbocycles. The predicted molar refractivity (Wildman–Crippen MR) is 46.5 cm³/mol. The molecule has 0 aliphatic heterocycles. The third-order valence-corrected chi connectivity index (χ3v) is 1.43. The molecule has 0 saturated heterocycles. The van der Waals surface area contributed by atoms with Crippen LogP contribution in [0.25, 0.3) is 0 Å². The summed E-state index contributed by atoms with van der Waals surface area (Å²) in [6.45, 7) is 1.14. The molecule has 0 spiro atoms. The summed E-state index contributed by atoms with van der Waals surface area (Å²) in [6.07, 6.45) is 0.860. The van der Waals surface area contributed by atoms with E-state index >= 15 is 0 Å². The number of ether oxygens (including phenoxy) is 1. The standard InChI is InChI=1S/C8H5ClO5/c1-4(10)14-7-3-13-6(8(9)12)2-5(7)11/h2-3H,1H3. The molecule has 0 fully saturated rings. The van der Waals surface area contributed by atoms with Gasteiger partial charge >= 0.3 is 5.97 Å². The number of hydrogen-bond acceptors (Lipinski definition) is 5. The molecular formula is C8H5ClO5. The van der Waals surface area contributed by atoms with Crippen molar-refractivity contribution >= 4 is 22.8 Å². The van der Waals surface area contributed by atoms with Gasteiger partial charge in [0.15, 0.2) is 5.76 Å². The Bertz CT molecular complexity index is 434. The topological polar surface area (TPSA) is 73.6 Å². The normalized spacial score (nSPS) is 9.57. The van der Waals surface area contributed by atoms with Gasteiger partial charge < -0.3 is 9.15 Å². The first-order valence-corrected chi connectivity index (χ1v) is 3.89. The minimum Gasteiger partial charge on any atom is -0.456 e. The van der Waals surface area contributed by atoms with Crippen LogP contribution in [0, 0.1) is 0 Å². The Morgan fingerprint density at radius 1 is 1.50 bits per heavy atom. The van der Waals surface area contributed by atoms with Crippen LogP contribution in [-0.2, 0) is 4.79 Å². The van der Waals surface area contributed by atoms with E-state index in [0.29, 0.717) is 0 Å². The first kappa shape index (κ1) is 10.5. The molecule has 0 aliphatic rings. The van der Waals surface area contributed by atoms with E-state index in [4.69, 9.17) is 11.6 Å². The van der Waals surface area contributed by atoms with Gasteiger partial charge in [-0.3, -0.25) is 14.4 Å². The number of hydrogen-bond donors (Lipinski definition) is 0. The molecule has 74 valence electrons. The molecule has 0 atom stereocenters. The van der Waals surface area contributed by atoms with E-state index < -0.39 is 16.6 Å². The zero-order chi connectivity index (χ0) is 10.7. The van der Waals surface area contributed by atoms with Crippen molar-refractivity contribution < 1.29 is 18.7 Å². The van der Waals surface area contributed by atoms with Crippen LogP contribution in [0.4, 0.5) is 0 Å². The summed E-state index contributed by atoms with van der Waals surface area (Å²) >= 11 is 5.05. The maximum atomic E-state index is 11.1. The molecule has 0 bridgehead atoms. The minimum absolute atomic E-state index is 0.279. The van der Waals surface area contributed by atoms with Gasteiger partial charge in [-0.25, -0.2) is 0 Å². The van der Waals surface area contributed by atoms with E-state index in [1.54, 1.807) is 0 Å². The van der Waals surface area contributed by atoms with E-state index in [2.05, 4.69) is 9.15 Å². The fourth-order valence-corrected chi connectivity index (χ4v) is 0.831. The van der Waals surface area contributed by atoms with Gasteiger partial charge in [-0.2, -0.15) is 0 Å². The van der Waals surface area contributed by atoms with E-state index in [-0.39, 0.29) is 11.5 Å². The summed E-state index contributed by atoms with van der Waals surface area (Å²) in [5.74, 6) is -1.23. The molecule has 0 amide bonds. The third kappa shape index (κ3) is 2.43. The molecule has 0 aliphatic carbocycles. The fraction of sp³-hybridized carbons (Fsp3) is 0.125. The Hall–Kier alpha value is -1.62. The Kier molecular flexibility index (Phi) is 3.03. The van der Waals surface area contributed by atoms with Crippen LogP contribution in [0.3, 0.4) is 0 Å². The molecule has 1 rings (SSSR count). The number of rotatable bonds is 2. The highest BCUT2D eigenvalue weighted by Gasteiger charge is 2.10. The minimum atomic E-state index is -0.892. The third-order valence-electron chi connectivity index (χ3n) is 1.25. The second-order valence-electron chi connectivity index (χ2n) is 2.34. The first-order valence-electron chi connectivity index (χ1n) is 3.52. The molecule has 0 unspecified atom stereocenters. The molecule has 0 radical (unpaired) electrons. The maximum Gasteiger partial charge on any atom is 0.308 e. The van der Waals surface area contributed by atoms with Crippen LogP contribution in [0.1, 0.15) is 17.5 Å². The molecule has 5 nitrogen and oxygen atoms in total. The Morgan fingerprint density at radius 3 is 2.57 bits per heavy atom. The zero-order valence-corrected chi connectivity index (χ0v) is 7.83. The van der Waals surface area contributed by atoms with Gasteiger partial charge in [0.25, 0.3) is 5.24 Å². The highest BCUT2D eigenvalue weighted by molar-refractivity contribution is 6.67. The molecule has 6 heteroatoms. The monoisotopic (exact) mass is 216 g/mol. The van der Waals surface area contributed by atoms with Crippen molar-refractivity contribution in [3.05, 3.63) is 28.3 Å². The molecule has 1 heterocycles. The number of carbonyl (C=O) groups excluding carboxylic acids is 2. The van der Waals surface area contributed by atoms with Gasteiger partial charge in [0.1, 0.15) is 6.26 Å². The lowest BCUT2D eigenvalue weighted by Crippen LogP contribution is -2.11. The molecule has 0 saturated carbocycles. The Balaban J connectivity index is 3.08. The van der Waals surface area contributed by atoms with Crippen molar-refractivity contribution in [2.75, 3.05) is 0 Å². The van der Waals surface area contributed by atoms with E-state index in [1.807, 2.05) is 0 Å². The largest absolute Gasteiger partial charge is 0.456 e. The van der Waals surface area contributed by atoms with Crippen molar-refractivity contribution in [1.82, 2.24) is 0 Å². The lowest BCUT2D eigenvalue weighted by atomic mass is 10.4. The van der Waals surface area contributed by atoms with Crippen LogP contribution in [0.5, 0.6) is 5.75 Å². The van der Waals surface area contributed by atoms with Gasteiger partial charge in [0.05, 0.1) is 0 Å². The second-order valence-corrected chi connectivity index (χ2v) is 2.68. The van der Waals surface area contributed by atoms with Gasteiger partial charge in [-0.05, 0) is 11.6 Å². The Morgan fingerprint density at radius 2 is 2.14 bits per heavy atom. The van der Waals surface area contributed by atoms with Gasteiger partial charge in [-0.1, -0.05) is 0 Å². The summed E-state index contributed by atoms with van der Waals surface area (Å²) in [4.78, 5) is 32.2. The summed E-state index contributed by atoms with van der Waals surface area (Å²) < 4.78 is 9.12. The van der Waals surface area contributed by atoms with Crippen molar-refractivity contribution in [1.29, 1.82) is 0 Å². The van der Waals surface area contributed by atoms with Crippen LogP contribution < -0.4 is 10.2 Å². The van der Waals surface area contributed by atoms with Gasteiger partial charge in [-0.15, -0.1) is 0 Å². The SMILES string of the molecule is CC(=O)Oc1coc(C(=O)Cl)cc1=O. The summed E-state index contributed by atoms with van der Waals surface area (Å²) in [7, 11) is 0. The van der Waals surface area contributed by atoms with E-state index in [1.165, 1.54) is 0 Å². The molecule has 1 aromatic rings. The fourth-order valence-electron chi connectivity index (χ4n) is 0.732. The van der Waals surface area contributed by atoms with Crippen molar-refractivity contribution in [3.63, 3.8) is 0 Å². The molecule has 14 heavy (non-hydrogen) atoms. The van der Waals surface area contributed by atoms with Crippen molar-refractivity contribution in [3.8, 4) is 5.75 Å². The number of halogens is 1. The van der Waals surface area contributed by atoms with Crippen LogP contribution in [0.2, 0.25) is 0 Å². The molecular weight excluding hydrogens is 212 g/mol. The number of carbonyl (C=O) groups is 2. The molecule has 0 N–H and O–H groups in total. The predicted octanol–water partition coefficient (Wildman–Crippen LogP) is 0.944. The summed E-state index contributed by atoms with van der Waals surface area (Å²) in [5, 5.41) is -0.892. The lowest BCUT2D eigenvalue weighted by Gasteiger charge is -1.98. The maximum absolute atomic E-state index is 11.1. The van der Waals surface area contributed by atoms with E-state index in [0.717, 1.165) is 19.3 Å². The quantitative estimate of drug-likeness (QED) is 0.543. The highest BCUT2D eigenvalue weighted by atomic mass is 35.5. The summed E-state index contributed by atoms with van der Waals surface area (Å²) in [5.41, 5.74) is -0.643. The zero-order valence-electron chi connectivity index (χ0n) is 7.07. The van der Waals surface area contributed by atoms with Crippen LogP contribution >= 0.6 is 11.6 Å². The summed E-state index contributed by atoms with van der Waals surface area (Å²) in [6, 6.07) is 0.855. The van der Waals surface area contributed by atoms with Crippen LogP contribution in [-0.4, -0.2) is 11.2 Å². The molecule has 1 aromatic heterocycles. The van der Waals surface area contributed by atoms with Crippen molar-refractivity contribution in [2.24, 2.45) is 0 Å². The van der Waals surface area contributed by atoms with Crippen LogP contribution in [0.15, 0.2) is 21.5 Å². The smallest absolute Gasteiger partial charge is 0.308 e. The highest BCUT2D eigenvalue weighted by Crippen LogP contribution is 2.07. The van der Waals surface area contributed by atoms with Gasteiger partial charge in [0, 0.05) is 13.0 Å². The van der Waals surface area contributed by atoms with Crippen molar-refractivity contribution in [2.45, 2.75) is 6.92 Å². The Labute approximate surface area is 83.2 Å². The van der Waals surface area contributed by atoms with Gasteiger partial charge in [0.2, 0.25) is 11.2 Å². The van der Waals surface area contributed by atoms with E-state index in [9.17, 15) is 14.4 Å². The average molecular weight is 217 g/mol.